The Morgan fingerprint density at radius 2 is 1.89 bits per heavy atom. The largest absolute Gasteiger partial charge is 0.391 e. The zero-order chi connectivity index (χ0) is 14.6. The highest BCUT2D eigenvalue weighted by molar-refractivity contribution is 9.10. The minimum absolute atomic E-state index is 0.242. The van der Waals surface area contributed by atoms with E-state index in [1.54, 1.807) is 6.07 Å². The average molecular weight is 332 g/mol. The number of hydrogen-bond donors (Lipinski definition) is 1. The molecule has 0 aliphatic heterocycles. The number of benzene rings is 1. The van der Waals surface area contributed by atoms with Gasteiger partial charge in [0, 0.05) is 16.4 Å². The van der Waals surface area contributed by atoms with E-state index in [0.717, 1.165) is 18.4 Å². The van der Waals surface area contributed by atoms with Crippen LogP contribution in [0.3, 0.4) is 0 Å². The maximum absolute atomic E-state index is 13.1. The Balaban J connectivity index is 2.96. The fraction of sp³-hybridized carbons (Fsp3) is 0.600. The summed E-state index contributed by atoms with van der Waals surface area (Å²) < 4.78 is 13.8. The van der Waals surface area contributed by atoms with Crippen LogP contribution in [0.5, 0.6) is 0 Å². The van der Waals surface area contributed by atoms with Crippen LogP contribution in [-0.4, -0.2) is 35.7 Å². The maximum Gasteiger partial charge on any atom is 0.124 e. The summed E-state index contributed by atoms with van der Waals surface area (Å²) in [5, 5.41) is 10.6. The number of rotatable bonds is 6. The zero-order valence-electron chi connectivity index (χ0n) is 12.1. The number of likely N-dealkylation sites (N-methyl/N-ethyl adjacent to an activating group) is 1. The normalized spacial score (nSPS) is 13.9. The lowest BCUT2D eigenvalue weighted by molar-refractivity contribution is -0.0126. The maximum atomic E-state index is 13.1. The molecule has 1 aromatic rings. The molecule has 0 spiro atoms. The third-order valence-corrected chi connectivity index (χ3v) is 4.90. The summed E-state index contributed by atoms with van der Waals surface area (Å²) in [6.07, 6.45) is 1.77. The summed E-state index contributed by atoms with van der Waals surface area (Å²) in [5.41, 5.74) is 0.690. The van der Waals surface area contributed by atoms with Gasteiger partial charge in [0.2, 0.25) is 0 Å². The van der Waals surface area contributed by atoms with Crippen molar-refractivity contribution >= 4 is 15.9 Å². The van der Waals surface area contributed by atoms with Crippen LogP contribution in [0.25, 0.3) is 0 Å². The van der Waals surface area contributed by atoms with Gasteiger partial charge in [0.05, 0.1) is 6.10 Å². The molecular formula is C15H23BrFNO. The van der Waals surface area contributed by atoms with Crippen molar-refractivity contribution in [2.45, 2.75) is 44.8 Å². The van der Waals surface area contributed by atoms with Gasteiger partial charge >= 0.3 is 0 Å². The standard InChI is InChI=1S/C15H23BrFNO/c1-5-15(6-2,18(3)4)14(19)9-11-7-8-12(17)10-13(11)16/h7-8,10,14,19H,5-6,9H2,1-4H3. The van der Waals surface area contributed by atoms with Crippen molar-refractivity contribution in [2.75, 3.05) is 14.1 Å². The Hall–Kier alpha value is -0.450. The van der Waals surface area contributed by atoms with Crippen LogP contribution < -0.4 is 0 Å². The van der Waals surface area contributed by atoms with Crippen molar-refractivity contribution in [3.63, 3.8) is 0 Å². The summed E-state index contributed by atoms with van der Waals surface area (Å²) >= 11 is 3.36. The first-order valence-corrected chi connectivity index (χ1v) is 7.46. The van der Waals surface area contributed by atoms with E-state index in [9.17, 15) is 9.50 Å². The summed E-state index contributed by atoms with van der Waals surface area (Å²) in [6, 6.07) is 4.60. The molecule has 0 amide bonds. The van der Waals surface area contributed by atoms with Crippen LogP contribution in [0, 0.1) is 5.82 Å². The van der Waals surface area contributed by atoms with Gasteiger partial charge in [0.15, 0.2) is 0 Å². The minimum atomic E-state index is -0.487. The molecule has 19 heavy (non-hydrogen) atoms. The van der Waals surface area contributed by atoms with E-state index in [1.165, 1.54) is 12.1 Å². The number of halogens is 2. The van der Waals surface area contributed by atoms with Gasteiger partial charge in [0.25, 0.3) is 0 Å². The smallest absolute Gasteiger partial charge is 0.124 e. The van der Waals surface area contributed by atoms with Crippen LogP contribution in [-0.2, 0) is 6.42 Å². The number of aliphatic hydroxyl groups excluding tert-OH is 1. The van der Waals surface area contributed by atoms with Crippen LogP contribution in [0.2, 0.25) is 0 Å². The first-order chi connectivity index (χ1) is 8.87. The van der Waals surface area contributed by atoms with E-state index in [0.29, 0.717) is 10.9 Å². The molecule has 0 saturated carbocycles. The van der Waals surface area contributed by atoms with Crippen LogP contribution in [0.4, 0.5) is 4.39 Å². The Kier molecular flexibility index (Phi) is 5.96. The fourth-order valence-corrected chi connectivity index (χ4v) is 3.25. The van der Waals surface area contributed by atoms with E-state index in [-0.39, 0.29) is 11.4 Å². The lowest BCUT2D eigenvalue weighted by Gasteiger charge is -2.42. The molecule has 0 bridgehead atoms. The van der Waals surface area contributed by atoms with Crippen LogP contribution >= 0.6 is 15.9 Å². The van der Waals surface area contributed by atoms with Crippen LogP contribution in [0.1, 0.15) is 32.3 Å². The second kappa shape index (κ2) is 6.82. The Morgan fingerprint density at radius 1 is 1.32 bits per heavy atom. The van der Waals surface area contributed by atoms with Gasteiger partial charge in [0.1, 0.15) is 5.82 Å². The van der Waals surface area contributed by atoms with E-state index in [4.69, 9.17) is 0 Å². The minimum Gasteiger partial charge on any atom is -0.391 e. The third-order valence-electron chi connectivity index (χ3n) is 4.16. The number of hydrogen-bond acceptors (Lipinski definition) is 2. The molecule has 1 N–H and O–H groups in total. The fourth-order valence-electron chi connectivity index (χ4n) is 2.74. The van der Waals surface area contributed by atoms with Crippen molar-refractivity contribution < 1.29 is 9.50 Å². The summed E-state index contributed by atoms with van der Waals surface area (Å²) in [7, 11) is 3.99. The summed E-state index contributed by atoms with van der Waals surface area (Å²) in [4.78, 5) is 2.09. The second-order valence-electron chi connectivity index (χ2n) is 5.16. The van der Waals surface area contributed by atoms with Gasteiger partial charge in [-0.3, -0.25) is 0 Å². The quantitative estimate of drug-likeness (QED) is 0.860. The number of aliphatic hydroxyl groups is 1. The van der Waals surface area contributed by atoms with E-state index < -0.39 is 6.10 Å². The lowest BCUT2D eigenvalue weighted by Crippen LogP contribution is -2.53. The van der Waals surface area contributed by atoms with Gasteiger partial charge < -0.3 is 10.0 Å². The van der Waals surface area contributed by atoms with Gasteiger partial charge in [-0.25, -0.2) is 4.39 Å². The third kappa shape index (κ3) is 3.56. The highest BCUT2D eigenvalue weighted by Crippen LogP contribution is 2.29. The lowest BCUT2D eigenvalue weighted by atomic mass is 9.82. The zero-order valence-corrected chi connectivity index (χ0v) is 13.7. The highest BCUT2D eigenvalue weighted by atomic mass is 79.9. The van der Waals surface area contributed by atoms with Gasteiger partial charge in [-0.15, -0.1) is 0 Å². The molecule has 0 aliphatic carbocycles. The molecule has 0 aliphatic rings. The van der Waals surface area contributed by atoms with Crippen molar-refractivity contribution in [3.05, 3.63) is 34.1 Å². The second-order valence-corrected chi connectivity index (χ2v) is 6.02. The predicted octanol–water partition coefficient (Wildman–Crippen LogP) is 3.61. The molecule has 1 atom stereocenters. The van der Waals surface area contributed by atoms with Crippen LogP contribution in [0.15, 0.2) is 22.7 Å². The molecule has 0 heterocycles. The first kappa shape index (κ1) is 16.6. The molecule has 1 unspecified atom stereocenters. The highest BCUT2D eigenvalue weighted by Gasteiger charge is 2.36. The topological polar surface area (TPSA) is 23.5 Å². The molecule has 0 fully saturated rings. The molecule has 108 valence electrons. The molecule has 1 aromatic carbocycles. The molecule has 4 heteroatoms. The first-order valence-electron chi connectivity index (χ1n) is 6.66. The monoisotopic (exact) mass is 331 g/mol. The molecule has 2 nitrogen and oxygen atoms in total. The predicted molar refractivity (Wildman–Crippen MR) is 80.8 cm³/mol. The van der Waals surface area contributed by atoms with E-state index in [1.807, 2.05) is 14.1 Å². The average Bonchev–Trinajstić information content (AvgIpc) is 2.34. The van der Waals surface area contributed by atoms with Crippen molar-refractivity contribution in [1.82, 2.24) is 4.90 Å². The van der Waals surface area contributed by atoms with Gasteiger partial charge in [-0.2, -0.15) is 0 Å². The van der Waals surface area contributed by atoms with Gasteiger partial charge in [-0.05, 0) is 44.6 Å². The van der Waals surface area contributed by atoms with E-state index >= 15 is 0 Å². The molecule has 0 aromatic heterocycles. The Labute approximate surface area is 123 Å². The van der Waals surface area contributed by atoms with Crippen molar-refractivity contribution in [3.8, 4) is 0 Å². The summed E-state index contributed by atoms with van der Waals surface area (Å²) in [6.45, 7) is 4.18. The molecule has 0 radical (unpaired) electrons. The SMILES string of the molecule is CCC(CC)(C(O)Cc1ccc(F)cc1Br)N(C)C. The van der Waals surface area contributed by atoms with Gasteiger partial charge in [-0.1, -0.05) is 35.8 Å². The summed E-state index contributed by atoms with van der Waals surface area (Å²) in [5.74, 6) is -0.269. The Bertz CT molecular complexity index is 419. The van der Waals surface area contributed by atoms with E-state index in [2.05, 4.69) is 34.7 Å². The Morgan fingerprint density at radius 3 is 2.32 bits per heavy atom. The number of nitrogens with zero attached hydrogens (tertiary/aromatic N) is 1. The molecule has 1 rings (SSSR count). The molecular weight excluding hydrogens is 309 g/mol. The van der Waals surface area contributed by atoms with Crippen molar-refractivity contribution in [1.29, 1.82) is 0 Å². The van der Waals surface area contributed by atoms with Crippen molar-refractivity contribution in [2.24, 2.45) is 0 Å². The molecule has 0 saturated heterocycles.